The Morgan fingerprint density at radius 2 is 2.06 bits per heavy atom. The van der Waals surface area contributed by atoms with Crippen LogP contribution in [0.2, 0.25) is 5.02 Å². The number of hydrogen-bond donors (Lipinski definition) is 3. The highest BCUT2D eigenvalue weighted by molar-refractivity contribution is 6.34. The summed E-state index contributed by atoms with van der Waals surface area (Å²) in [7, 11) is 1.46. The molecule has 1 unspecified atom stereocenters. The molecule has 92 valence electrons. The Hall–Kier alpha value is -1.59. The fraction of sp³-hybridized carbons (Fsp3) is 0.273. The van der Waals surface area contributed by atoms with Gasteiger partial charge in [-0.15, -0.1) is 4.48 Å². The molecule has 5 nitrogen and oxygen atoms in total. The number of nitrogens with zero attached hydrogens (tertiary/aromatic N) is 1. The smallest absolute Gasteiger partial charge is 0.337 e. The third-order valence-corrected chi connectivity index (χ3v) is 3.13. The highest BCUT2D eigenvalue weighted by Gasteiger charge is 2.40. The third kappa shape index (κ3) is 2.11. The Bertz CT molecular complexity index is 459. The zero-order valence-corrected chi connectivity index (χ0v) is 10.6. The molecular formula is C11H16ClN4O+. The van der Waals surface area contributed by atoms with Crippen LogP contribution in [-0.4, -0.2) is 19.0 Å². The summed E-state index contributed by atoms with van der Waals surface area (Å²) in [5.41, 5.74) is 12.2. The molecule has 0 radical (unpaired) electrons. The van der Waals surface area contributed by atoms with Crippen molar-refractivity contribution in [3.05, 3.63) is 28.8 Å². The van der Waals surface area contributed by atoms with E-state index in [1.165, 1.54) is 7.05 Å². The summed E-state index contributed by atoms with van der Waals surface area (Å²) in [6.45, 7) is 1.93. The van der Waals surface area contributed by atoms with Crippen molar-refractivity contribution in [3.63, 3.8) is 0 Å². The van der Waals surface area contributed by atoms with Gasteiger partial charge in [0, 0.05) is 5.56 Å². The van der Waals surface area contributed by atoms with Gasteiger partial charge in [-0.3, -0.25) is 0 Å². The van der Waals surface area contributed by atoms with Crippen LogP contribution in [0, 0.1) is 5.41 Å². The molecule has 0 aliphatic carbocycles. The predicted octanol–water partition coefficient (Wildman–Crippen LogP) is 1.81. The van der Waals surface area contributed by atoms with E-state index < -0.39 is 10.5 Å². The molecule has 17 heavy (non-hydrogen) atoms. The van der Waals surface area contributed by atoms with Crippen molar-refractivity contribution >= 4 is 29.3 Å². The molecule has 6 heteroatoms. The highest BCUT2D eigenvalue weighted by Crippen LogP contribution is 2.34. The first-order valence-electron chi connectivity index (χ1n) is 5.14. The average Bonchev–Trinajstić information content (AvgIpc) is 2.27. The molecule has 0 aromatic heterocycles. The van der Waals surface area contributed by atoms with Gasteiger partial charge in [0.15, 0.2) is 5.69 Å². The van der Waals surface area contributed by atoms with Crippen molar-refractivity contribution in [1.82, 2.24) is 4.48 Å². The van der Waals surface area contributed by atoms with E-state index >= 15 is 0 Å². The molecule has 0 aliphatic rings. The van der Waals surface area contributed by atoms with Gasteiger partial charge in [-0.25, -0.2) is 10.2 Å². The Morgan fingerprint density at radius 1 is 1.47 bits per heavy atom. The number of urea groups is 1. The number of nitrogens with one attached hydrogen (secondary N) is 1. The largest absolute Gasteiger partial charge is 0.426 e. The van der Waals surface area contributed by atoms with E-state index in [0.717, 1.165) is 5.56 Å². The summed E-state index contributed by atoms with van der Waals surface area (Å²) in [5, 5.41) is 7.95. The van der Waals surface area contributed by atoms with Crippen molar-refractivity contribution in [3.8, 4) is 0 Å². The van der Waals surface area contributed by atoms with Crippen LogP contribution in [0.25, 0.3) is 0 Å². The highest BCUT2D eigenvalue weighted by atomic mass is 35.5. The molecule has 5 N–H and O–H groups in total. The molecule has 0 heterocycles. The number of halogens is 1. The molecule has 0 aliphatic heterocycles. The van der Waals surface area contributed by atoms with E-state index in [1.807, 2.05) is 13.0 Å². The molecule has 2 amide bonds. The first-order valence-corrected chi connectivity index (χ1v) is 5.52. The first kappa shape index (κ1) is 13.5. The summed E-state index contributed by atoms with van der Waals surface area (Å²) in [5.74, 6) is -0.361. The van der Waals surface area contributed by atoms with Gasteiger partial charge in [0.2, 0.25) is 0 Å². The number of amides is 2. The molecule has 0 fully saturated rings. The second-order valence-corrected chi connectivity index (χ2v) is 4.24. The molecule has 1 aromatic rings. The Balaban J connectivity index is 3.59. The van der Waals surface area contributed by atoms with Crippen molar-refractivity contribution in [1.29, 1.82) is 5.41 Å². The Kier molecular flexibility index (Phi) is 3.75. The van der Waals surface area contributed by atoms with Crippen molar-refractivity contribution in [2.24, 2.45) is 11.5 Å². The van der Waals surface area contributed by atoms with Gasteiger partial charge in [0.05, 0.1) is 7.05 Å². The van der Waals surface area contributed by atoms with E-state index in [2.05, 4.69) is 0 Å². The second-order valence-electron chi connectivity index (χ2n) is 3.83. The zero-order chi connectivity index (χ0) is 13.2. The Labute approximate surface area is 105 Å². The number of quaternary nitrogens is 1. The van der Waals surface area contributed by atoms with E-state index in [1.54, 1.807) is 12.1 Å². The van der Waals surface area contributed by atoms with Crippen LogP contribution in [0.15, 0.2) is 18.2 Å². The lowest BCUT2D eigenvalue weighted by molar-refractivity contribution is 0.235. The summed E-state index contributed by atoms with van der Waals surface area (Å²) in [6, 6.07) is 4.54. The minimum absolute atomic E-state index is 0.361. The van der Waals surface area contributed by atoms with Crippen LogP contribution < -0.4 is 16.0 Å². The lowest BCUT2D eigenvalue weighted by atomic mass is 10.1. The molecule has 0 saturated carbocycles. The summed E-state index contributed by atoms with van der Waals surface area (Å²) < 4.78 is -0.608. The SMILES string of the molecule is CCc1cccc(Cl)c1[N+](C)(C(=N)N)C(N)=O. The standard InChI is InChI=1S/C11H15ClN4O/c1-3-7-5-4-6-8(12)9(7)16(2,10(13)14)11(15)17/h4-6H,3H2,1-2H3,(H4-,13,14,15,17)/p+1. The van der Waals surface area contributed by atoms with Gasteiger partial charge >= 0.3 is 12.0 Å². The average molecular weight is 256 g/mol. The summed E-state index contributed by atoms with van der Waals surface area (Å²) in [4.78, 5) is 11.6. The van der Waals surface area contributed by atoms with E-state index in [-0.39, 0.29) is 5.96 Å². The minimum Gasteiger partial charge on any atom is -0.337 e. The summed E-state index contributed by atoms with van der Waals surface area (Å²) >= 11 is 6.11. The topological polar surface area (TPSA) is 93.0 Å². The zero-order valence-electron chi connectivity index (χ0n) is 9.83. The van der Waals surface area contributed by atoms with Gasteiger partial charge in [-0.2, -0.15) is 0 Å². The normalized spacial score (nSPS) is 14.1. The number of benzene rings is 1. The molecule has 1 rings (SSSR count). The van der Waals surface area contributed by atoms with Crippen LogP contribution in [0.5, 0.6) is 0 Å². The fourth-order valence-corrected chi connectivity index (χ4v) is 2.06. The van der Waals surface area contributed by atoms with Crippen molar-refractivity contribution in [2.75, 3.05) is 7.05 Å². The maximum Gasteiger partial charge on any atom is 0.426 e. The number of hydrogen-bond acceptors (Lipinski definition) is 2. The molecular weight excluding hydrogens is 240 g/mol. The number of nitrogens with two attached hydrogens (primary N) is 2. The van der Waals surface area contributed by atoms with Crippen LogP contribution in [-0.2, 0) is 6.42 Å². The maximum absolute atomic E-state index is 11.6. The van der Waals surface area contributed by atoms with Crippen molar-refractivity contribution < 1.29 is 4.79 Å². The van der Waals surface area contributed by atoms with Gasteiger partial charge in [-0.05, 0) is 12.5 Å². The van der Waals surface area contributed by atoms with E-state index in [4.69, 9.17) is 28.5 Å². The lowest BCUT2D eigenvalue weighted by Gasteiger charge is -2.28. The number of carbonyl (C=O) groups is 1. The number of rotatable bonds is 2. The van der Waals surface area contributed by atoms with E-state index in [9.17, 15) is 4.79 Å². The Morgan fingerprint density at radius 3 is 2.47 bits per heavy atom. The molecule has 0 bridgehead atoms. The molecule has 0 saturated heterocycles. The molecule has 1 aromatic carbocycles. The van der Waals surface area contributed by atoms with Gasteiger partial charge in [-0.1, -0.05) is 30.7 Å². The molecule has 1 atom stereocenters. The number of carbonyl (C=O) groups excluding carboxylic acids is 1. The van der Waals surface area contributed by atoms with E-state index in [0.29, 0.717) is 17.1 Å². The fourth-order valence-electron chi connectivity index (χ4n) is 1.70. The second kappa shape index (κ2) is 4.73. The maximum atomic E-state index is 11.6. The van der Waals surface area contributed by atoms with Gasteiger partial charge in [0.1, 0.15) is 5.02 Å². The number of guanidine groups is 1. The summed E-state index contributed by atoms with van der Waals surface area (Å²) in [6.07, 6.45) is 0.671. The monoisotopic (exact) mass is 255 g/mol. The minimum atomic E-state index is -0.736. The number of para-hydroxylation sites is 1. The predicted molar refractivity (Wildman–Crippen MR) is 70.0 cm³/mol. The van der Waals surface area contributed by atoms with Gasteiger partial charge in [0.25, 0.3) is 0 Å². The van der Waals surface area contributed by atoms with Crippen LogP contribution in [0.4, 0.5) is 10.5 Å². The third-order valence-electron chi connectivity index (χ3n) is 2.82. The first-order chi connectivity index (χ1) is 7.85. The van der Waals surface area contributed by atoms with Crippen LogP contribution in [0.1, 0.15) is 12.5 Å². The molecule has 0 spiro atoms. The quantitative estimate of drug-likeness (QED) is 0.427. The van der Waals surface area contributed by atoms with Crippen LogP contribution in [0.3, 0.4) is 0 Å². The van der Waals surface area contributed by atoms with Crippen LogP contribution >= 0.6 is 11.6 Å². The number of aryl methyl sites for hydroxylation is 1. The van der Waals surface area contributed by atoms with Gasteiger partial charge < -0.3 is 11.5 Å². The number of primary amides is 1. The lowest BCUT2D eigenvalue weighted by Crippen LogP contribution is -2.61. The van der Waals surface area contributed by atoms with Crippen molar-refractivity contribution in [2.45, 2.75) is 13.3 Å².